The molecule has 0 spiro atoms. The van der Waals surface area contributed by atoms with Crippen molar-refractivity contribution in [3.63, 3.8) is 0 Å². The van der Waals surface area contributed by atoms with Crippen LogP contribution in [-0.4, -0.2) is 15.6 Å². The number of rotatable bonds is 8. The Morgan fingerprint density at radius 1 is 0.933 bits per heavy atom. The van der Waals surface area contributed by atoms with Crippen molar-refractivity contribution >= 4 is 22.8 Å². The lowest BCUT2D eigenvalue weighted by molar-refractivity contribution is -0.393. The molecule has 8 heteroatoms. The van der Waals surface area contributed by atoms with E-state index >= 15 is 0 Å². The van der Waals surface area contributed by atoms with Gasteiger partial charge in [0.25, 0.3) is 5.69 Å². The lowest BCUT2D eigenvalue weighted by Crippen LogP contribution is -2.17. The first-order chi connectivity index (χ1) is 14.5. The molecule has 8 nitrogen and oxygen atoms in total. The van der Waals surface area contributed by atoms with Crippen LogP contribution in [0.2, 0.25) is 0 Å². The highest BCUT2D eigenvalue weighted by atomic mass is 16.6. The molecule has 0 radical (unpaired) electrons. The largest absolute Gasteiger partial charge is 0.301 e. The quantitative estimate of drug-likeness (QED) is 0.315. The molecule has 0 aliphatic carbocycles. The van der Waals surface area contributed by atoms with Crippen molar-refractivity contribution in [2.24, 2.45) is 11.0 Å². The van der Waals surface area contributed by atoms with Gasteiger partial charge in [-0.15, -0.1) is 0 Å². The topological polar surface area (TPSA) is 111 Å². The fourth-order valence-corrected chi connectivity index (χ4v) is 3.13. The lowest BCUT2D eigenvalue weighted by atomic mass is 9.92. The van der Waals surface area contributed by atoms with Gasteiger partial charge in [-0.2, -0.15) is 5.10 Å². The van der Waals surface area contributed by atoms with Gasteiger partial charge < -0.3 is 0 Å². The molecule has 0 aliphatic heterocycles. The molecule has 0 aliphatic rings. The number of anilines is 1. The van der Waals surface area contributed by atoms with Crippen molar-refractivity contribution in [3.8, 4) is 0 Å². The highest BCUT2D eigenvalue weighted by molar-refractivity contribution is 6.02. The molecule has 0 aromatic heterocycles. The second-order valence-corrected chi connectivity index (χ2v) is 6.78. The Bertz CT molecular complexity index is 1070. The predicted molar refractivity (Wildman–Crippen MR) is 116 cm³/mol. The van der Waals surface area contributed by atoms with E-state index in [1.807, 2.05) is 67.6 Å². The highest BCUT2D eigenvalue weighted by Gasteiger charge is 2.20. The Balaban J connectivity index is 1.94. The van der Waals surface area contributed by atoms with Crippen LogP contribution in [0.25, 0.3) is 0 Å². The maximum absolute atomic E-state index is 11.4. The molecule has 3 aromatic carbocycles. The number of hydrazone groups is 1. The molecule has 152 valence electrons. The first kappa shape index (κ1) is 20.7. The molecular weight excluding hydrogens is 384 g/mol. The van der Waals surface area contributed by atoms with Crippen LogP contribution < -0.4 is 5.43 Å². The maximum atomic E-state index is 11.4. The van der Waals surface area contributed by atoms with Gasteiger partial charge in [-0.05, 0) is 23.6 Å². The number of nitro benzene ring substituents is 2. The minimum absolute atomic E-state index is 0.0133. The van der Waals surface area contributed by atoms with Gasteiger partial charge in [-0.25, -0.2) is 0 Å². The standard InChI is InChI=1S/C22H20N4O4/c1-16(14-17-8-4-2-5-9-17)22(18-10-6-3-7-11-18)24-23-20-13-12-19(25(27)28)15-21(20)26(29)30/h2-13,15-16,23H,14H2,1H3/b24-22+. The molecule has 1 unspecified atom stereocenters. The fourth-order valence-electron chi connectivity index (χ4n) is 3.13. The molecule has 0 saturated carbocycles. The van der Waals surface area contributed by atoms with Crippen LogP contribution in [0.4, 0.5) is 17.1 Å². The number of nitrogens with zero attached hydrogens (tertiary/aromatic N) is 3. The summed E-state index contributed by atoms with van der Waals surface area (Å²) in [5.74, 6) is 0.0133. The first-order valence-electron chi connectivity index (χ1n) is 9.31. The van der Waals surface area contributed by atoms with Crippen molar-refractivity contribution in [3.05, 3.63) is 110 Å². The van der Waals surface area contributed by atoms with Gasteiger partial charge in [-0.3, -0.25) is 25.7 Å². The molecule has 1 N–H and O–H groups in total. The number of hydrogen-bond acceptors (Lipinski definition) is 6. The number of hydrogen-bond donors (Lipinski definition) is 1. The van der Waals surface area contributed by atoms with Crippen LogP contribution in [0, 0.1) is 26.1 Å². The molecule has 3 rings (SSSR count). The van der Waals surface area contributed by atoms with Gasteiger partial charge in [0.2, 0.25) is 0 Å². The molecule has 0 saturated heterocycles. The van der Waals surface area contributed by atoms with E-state index < -0.39 is 15.5 Å². The Morgan fingerprint density at radius 3 is 2.17 bits per heavy atom. The summed E-state index contributed by atoms with van der Waals surface area (Å²) in [4.78, 5) is 21.0. The molecule has 0 amide bonds. The molecule has 3 aromatic rings. The van der Waals surface area contributed by atoms with E-state index in [9.17, 15) is 20.2 Å². The minimum atomic E-state index is -0.669. The van der Waals surface area contributed by atoms with E-state index in [1.165, 1.54) is 12.1 Å². The summed E-state index contributed by atoms with van der Waals surface area (Å²) in [5.41, 5.74) is 4.85. The highest BCUT2D eigenvalue weighted by Crippen LogP contribution is 2.29. The van der Waals surface area contributed by atoms with Gasteiger partial charge in [-0.1, -0.05) is 67.6 Å². The van der Waals surface area contributed by atoms with Crippen LogP contribution in [0.5, 0.6) is 0 Å². The second-order valence-electron chi connectivity index (χ2n) is 6.78. The SMILES string of the molecule is CC(Cc1ccccc1)/C(=N\Nc1ccc([N+](=O)[O-])cc1[N+](=O)[O-])c1ccccc1. The number of benzene rings is 3. The summed E-state index contributed by atoms with van der Waals surface area (Å²) in [6, 6.07) is 22.9. The molecule has 30 heavy (non-hydrogen) atoms. The van der Waals surface area contributed by atoms with Crippen molar-refractivity contribution in [2.75, 3.05) is 5.43 Å². The third-order valence-corrected chi connectivity index (χ3v) is 4.61. The van der Waals surface area contributed by atoms with E-state index in [0.717, 1.165) is 29.3 Å². The Morgan fingerprint density at radius 2 is 1.57 bits per heavy atom. The molecular formula is C22H20N4O4. The van der Waals surface area contributed by atoms with Crippen LogP contribution in [0.15, 0.2) is 84.0 Å². The summed E-state index contributed by atoms with van der Waals surface area (Å²) in [6.07, 6.45) is 0.735. The Labute approximate surface area is 173 Å². The van der Waals surface area contributed by atoms with Crippen LogP contribution in [-0.2, 0) is 6.42 Å². The van der Waals surface area contributed by atoms with Crippen molar-refractivity contribution in [1.82, 2.24) is 0 Å². The molecule has 0 bridgehead atoms. The van der Waals surface area contributed by atoms with Gasteiger partial charge >= 0.3 is 5.69 Å². The zero-order valence-electron chi connectivity index (χ0n) is 16.3. The zero-order valence-corrected chi connectivity index (χ0v) is 16.3. The maximum Gasteiger partial charge on any atom is 0.301 e. The summed E-state index contributed by atoms with van der Waals surface area (Å²) >= 11 is 0. The summed E-state index contributed by atoms with van der Waals surface area (Å²) in [5, 5.41) is 26.8. The van der Waals surface area contributed by atoms with Gasteiger partial charge in [0.15, 0.2) is 0 Å². The Kier molecular flexibility index (Phi) is 6.49. The average molecular weight is 404 g/mol. The van der Waals surface area contributed by atoms with Crippen LogP contribution in [0.3, 0.4) is 0 Å². The smallest absolute Gasteiger partial charge is 0.271 e. The van der Waals surface area contributed by atoms with Crippen molar-refractivity contribution in [1.29, 1.82) is 0 Å². The summed E-state index contributed by atoms with van der Waals surface area (Å²) < 4.78 is 0. The molecule has 0 fully saturated rings. The minimum Gasteiger partial charge on any atom is -0.271 e. The van der Waals surface area contributed by atoms with Gasteiger partial charge in [0.05, 0.1) is 21.6 Å². The van der Waals surface area contributed by atoms with Gasteiger partial charge in [0, 0.05) is 12.0 Å². The van der Waals surface area contributed by atoms with E-state index in [4.69, 9.17) is 0 Å². The summed E-state index contributed by atoms with van der Waals surface area (Å²) in [7, 11) is 0. The Hall–Kier alpha value is -4.07. The van der Waals surface area contributed by atoms with Crippen LogP contribution in [0.1, 0.15) is 18.1 Å². The van der Waals surface area contributed by atoms with E-state index in [2.05, 4.69) is 10.5 Å². The van der Waals surface area contributed by atoms with E-state index in [-0.39, 0.29) is 17.3 Å². The summed E-state index contributed by atoms with van der Waals surface area (Å²) in [6.45, 7) is 2.03. The number of non-ortho nitro benzene ring substituents is 1. The van der Waals surface area contributed by atoms with Crippen molar-refractivity contribution in [2.45, 2.75) is 13.3 Å². The van der Waals surface area contributed by atoms with E-state index in [1.54, 1.807) is 0 Å². The fraction of sp³-hybridized carbons (Fsp3) is 0.136. The average Bonchev–Trinajstić information content (AvgIpc) is 2.75. The third kappa shape index (κ3) is 5.05. The van der Waals surface area contributed by atoms with E-state index in [0.29, 0.717) is 0 Å². The van der Waals surface area contributed by atoms with Crippen LogP contribution >= 0.6 is 0 Å². The number of nitro groups is 2. The zero-order chi connectivity index (χ0) is 21.5. The third-order valence-electron chi connectivity index (χ3n) is 4.61. The predicted octanol–water partition coefficient (Wildman–Crippen LogP) is 5.20. The second kappa shape index (κ2) is 9.42. The first-order valence-corrected chi connectivity index (χ1v) is 9.31. The lowest BCUT2D eigenvalue weighted by Gasteiger charge is -2.16. The van der Waals surface area contributed by atoms with Gasteiger partial charge in [0.1, 0.15) is 5.69 Å². The van der Waals surface area contributed by atoms with Crippen molar-refractivity contribution < 1.29 is 9.85 Å². The monoisotopic (exact) mass is 404 g/mol. The normalized spacial score (nSPS) is 12.2. The molecule has 1 atom stereocenters. The number of nitrogens with one attached hydrogen (secondary N) is 1. The molecule has 0 heterocycles.